The Labute approximate surface area is 244 Å². The van der Waals surface area contributed by atoms with Gasteiger partial charge >= 0.3 is 21.1 Å². The summed E-state index contributed by atoms with van der Waals surface area (Å²) in [6.45, 7) is -0.788. The zero-order valence-electron chi connectivity index (χ0n) is 21.9. The molecule has 4 N–H and O–H groups in total. The molecule has 0 radical (unpaired) electrons. The maximum absolute atomic E-state index is 12.7. The molecule has 1 fully saturated rings. The van der Waals surface area contributed by atoms with E-state index in [4.69, 9.17) is 9.26 Å². The molecular weight excluding hydrogens is 606 g/mol. The lowest BCUT2D eigenvalue weighted by Gasteiger charge is -2.20. The molecule has 0 amide bonds. The summed E-state index contributed by atoms with van der Waals surface area (Å²) in [6.07, 6.45) is -5.15. The summed E-state index contributed by atoms with van der Waals surface area (Å²) < 4.78 is 41.3. The van der Waals surface area contributed by atoms with Gasteiger partial charge in [-0.25, -0.2) is 13.7 Å². The maximum atomic E-state index is 12.7. The summed E-state index contributed by atoms with van der Waals surface area (Å²) >= 11 is 1.34. The summed E-state index contributed by atoms with van der Waals surface area (Å²) in [6, 6.07) is 23.4. The number of hydrogen-bond acceptors (Lipinski definition) is 10. The van der Waals surface area contributed by atoms with Gasteiger partial charge in [-0.3, -0.25) is 13.7 Å². The van der Waals surface area contributed by atoms with Crippen LogP contribution in [-0.2, 0) is 34.6 Å². The number of hydrogen-bond donors (Lipinski definition) is 4. The van der Waals surface area contributed by atoms with Crippen LogP contribution in [0.3, 0.4) is 0 Å². The number of ether oxygens (including phenoxy) is 1. The molecule has 0 aliphatic carbocycles. The SMILES string of the molecule is O=c1nc(SCc2ccccc2)ccn1[C@@H]1O[C@H](COP(=O)(O)OP(=O)(O)Cc2cccc3ccccc23)[C@H](O)C1O. The molecule has 1 aliphatic heterocycles. The summed E-state index contributed by atoms with van der Waals surface area (Å²) in [5, 5.41) is 22.9. The smallest absolute Gasteiger partial charge is 0.387 e. The van der Waals surface area contributed by atoms with E-state index in [0.29, 0.717) is 21.7 Å². The number of aromatic nitrogens is 2. The van der Waals surface area contributed by atoms with Crippen molar-refractivity contribution in [2.24, 2.45) is 0 Å². The highest BCUT2D eigenvalue weighted by Gasteiger charge is 2.46. The molecule has 3 aromatic carbocycles. The second-order valence-electron chi connectivity index (χ2n) is 9.56. The molecule has 42 heavy (non-hydrogen) atoms. The second kappa shape index (κ2) is 12.9. The Morgan fingerprint density at radius 3 is 2.40 bits per heavy atom. The van der Waals surface area contributed by atoms with Crippen LogP contribution in [0.4, 0.5) is 0 Å². The van der Waals surface area contributed by atoms with Gasteiger partial charge in [-0.1, -0.05) is 72.8 Å². The summed E-state index contributed by atoms with van der Waals surface area (Å²) in [5.41, 5.74) is 0.741. The molecule has 4 aromatic rings. The molecule has 1 aromatic heterocycles. The summed E-state index contributed by atoms with van der Waals surface area (Å²) in [5.74, 6) is 0.587. The van der Waals surface area contributed by atoms with Gasteiger partial charge in [0.25, 0.3) is 0 Å². The third-order valence-electron chi connectivity index (χ3n) is 6.53. The largest absolute Gasteiger partial charge is 0.479 e. The maximum Gasteiger partial charge on any atom is 0.479 e. The van der Waals surface area contributed by atoms with Crippen molar-refractivity contribution in [2.75, 3.05) is 6.61 Å². The zero-order chi connectivity index (χ0) is 29.9. The molecule has 0 spiro atoms. The van der Waals surface area contributed by atoms with Crippen LogP contribution >= 0.6 is 27.2 Å². The quantitative estimate of drug-likeness (QED) is 0.107. The molecule has 1 aliphatic rings. The second-order valence-corrected chi connectivity index (χ2v) is 14.0. The molecule has 12 nitrogen and oxygen atoms in total. The van der Waals surface area contributed by atoms with Crippen molar-refractivity contribution in [3.8, 4) is 0 Å². The average Bonchev–Trinajstić information content (AvgIpc) is 3.24. The first kappa shape index (κ1) is 30.8. The molecule has 15 heteroatoms. The fourth-order valence-corrected chi connectivity index (χ4v) is 8.08. The number of phosphoric acid groups is 1. The van der Waals surface area contributed by atoms with Crippen molar-refractivity contribution in [3.63, 3.8) is 0 Å². The predicted octanol–water partition coefficient (Wildman–Crippen LogP) is 3.83. The normalized spacial score (nSPS) is 23.4. The number of aliphatic hydroxyl groups is 2. The van der Waals surface area contributed by atoms with Gasteiger partial charge in [0.2, 0.25) is 0 Å². The van der Waals surface area contributed by atoms with E-state index in [-0.39, 0.29) is 0 Å². The van der Waals surface area contributed by atoms with E-state index >= 15 is 0 Å². The minimum atomic E-state index is -5.12. The van der Waals surface area contributed by atoms with Crippen molar-refractivity contribution in [3.05, 3.63) is 107 Å². The van der Waals surface area contributed by atoms with E-state index in [9.17, 15) is 33.9 Å². The first-order valence-corrected chi connectivity index (χ1v) is 17.0. The molecule has 1 saturated heterocycles. The van der Waals surface area contributed by atoms with Crippen LogP contribution in [0.25, 0.3) is 10.8 Å². The first-order valence-electron chi connectivity index (χ1n) is 12.8. The van der Waals surface area contributed by atoms with E-state index in [1.807, 2.05) is 48.5 Å². The molecule has 0 saturated carbocycles. The monoisotopic (exact) mass is 634 g/mol. The fourth-order valence-electron chi connectivity index (χ4n) is 4.53. The van der Waals surface area contributed by atoms with E-state index < -0.39 is 58.4 Å². The predicted molar refractivity (Wildman–Crippen MR) is 155 cm³/mol. The van der Waals surface area contributed by atoms with Crippen LogP contribution in [0.2, 0.25) is 0 Å². The Morgan fingerprint density at radius 2 is 1.64 bits per heavy atom. The number of benzene rings is 3. The van der Waals surface area contributed by atoms with Gasteiger partial charge in [0, 0.05) is 11.9 Å². The van der Waals surface area contributed by atoms with Gasteiger partial charge < -0.3 is 24.7 Å². The van der Waals surface area contributed by atoms with Crippen LogP contribution in [0.1, 0.15) is 17.4 Å². The van der Waals surface area contributed by atoms with Crippen molar-refractivity contribution in [1.82, 2.24) is 9.55 Å². The topological polar surface area (TPSA) is 178 Å². The van der Waals surface area contributed by atoms with Crippen LogP contribution in [0.15, 0.2) is 94.9 Å². The molecule has 2 heterocycles. The van der Waals surface area contributed by atoms with E-state index in [2.05, 4.69) is 9.29 Å². The fraction of sp³-hybridized carbons (Fsp3) is 0.259. The van der Waals surface area contributed by atoms with Gasteiger partial charge in [-0.05, 0) is 28.0 Å². The third kappa shape index (κ3) is 7.45. The number of aliphatic hydroxyl groups excluding tert-OH is 2. The Bertz CT molecular complexity index is 1700. The molecule has 5 rings (SSSR count). The average molecular weight is 635 g/mol. The number of nitrogens with zero attached hydrogens (tertiary/aromatic N) is 2. The zero-order valence-corrected chi connectivity index (χ0v) is 24.6. The van der Waals surface area contributed by atoms with Crippen LogP contribution in [0, 0.1) is 0 Å². The Morgan fingerprint density at radius 1 is 0.929 bits per heavy atom. The molecule has 0 bridgehead atoms. The molecular formula is C27H28N2O10P2S. The highest BCUT2D eigenvalue weighted by atomic mass is 32.2. The minimum Gasteiger partial charge on any atom is -0.387 e. The summed E-state index contributed by atoms with van der Waals surface area (Å²) in [4.78, 5) is 37.2. The standard InChI is InChI=1S/C27H28N2O10P2S/c30-24-22(15-37-41(35,36)39-40(33,34)16-20-11-6-10-19-9-4-5-12-21(19)20)38-26(25(24)31)29-14-13-23(28-27(29)32)42-17-18-7-2-1-3-8-18/h1-14,22,24-26,30-31H,15-17H2,(H,33,34)(H,35,36)/t22-,24+,25?,26-/m1/s1. The lowest BCUT2D eigenvalue weighted by Crippen LogP contribution is -2.36. The highest BCUT2D eigenvalue weighted by molar-refractivity contribution is 7.98. The number of thioether (sulfide) groups is 1. The minimum absolute atomic E-state index is 0.433. The van der Waals surface area contributed by atoms with Crippen molar-refractivity contribution < 1.29 is 42.7 Å². The van der Waals surface area contributed by atoms with Gasteiger partial charge in [0.05, 0.1) is 12.8 Å². The molecule has 3 unspecified atom stereocenters. The van der Waals surface area contributed by atoms with Gasteiger partial charge in [-0.15, -0.1) is 11.8 Å². The van der Waals surface area contributed by atoms with Crippen molar-refractivity contribution >= 4 is 38.0 Å². The van der Waals surface area contributed by atoms with E-state index in [0.717, 1.165) is 15.5 Å². The van der Waals surface area contributed by atoms with E-state index in [1.54, 1.807) is 30.3 Å². The Kier molecular flexibility index (Phi) is 9.46. The lowest BCUT2D eigenvalue weighted by molar-refractivity contribution is -0.0542. The van der Waals surface area contributed by atoms with Gasteiger partial charge in [0.15, 0.2) is 6.23 Å². The molecule has 222 valence electrons. The van der Waals surface area contributed by atoms with Crippen molar-refractivity contribution in [1.29, 1.82) is 0 Å². The Balaban J connectivity index is 1.19. The van der Waals surface area contributed by atoms with E-state index in [1.165, 1.54) is 18.0 Å². The number of rotatable bonds is 11. The number of fused-ring (bicyclic) bond motifs is 1. The summed E-state index contributed by atoms with van der Waals surface area (Å²) in [7, 11) is -9.79. The van der Waals surface area contributed by atoms with Crippen LogP contribution in [-0.4, -0.2) is 54.5 Å². The van der Waals surface area contributed by atoms with Crippen molar-refractivity contribution in [2.45, 2.75) is 41.5 Å². The first-order chi connectivity index (χ1) is 20.0. The Hall–Kier alpha value is -2.67. The van der Waals surface area contributed by atoms with Crippen LogP contribution in [0.5, 0.6) is 0 Å². The van der Waals surface area contributed by atoms with Gasteiger partial charge in [-0.2, -0.15) is 4.98 Å². The number of phosphoric ester groups is 1. The lowest BCUT2D eigenvalue weighted by atomic mass is 10.1. The molecule has 6 atom stereocenters. The highest BCUT2D eigenvalue weighted by Crippen LogP contribution is 2.61. The van der Waals surface area contributed by atoms with Crippen LogP contribution < -0.4 is 5.69 Å². The van der Waals surface area contributed by atoms with Gasteiger partial charge in [0.1, 0.15) is 23.3 Å². The third-order valence-corrected chi connectivity index (χ3v) is 10.6.